The summed E-state index contributed by atoms with van der Waals surface area (Å²) in [5, 5.41) is 8.79. The highest BCUT2D eigenvalue weighted by Crippen LogP contribution is 2.30. The highest BCUT2D eigenvalue weighted by Gasteiger charge is 2.37. The van der Waals surface area contributed by atoms with Crippen molar-refractivity contribution in [3.05, 3.63) is 24.3 Å². The molecule has 0 unspecified atom stereocenters. The molecule has 0 aromatic heterocycles. The second-order valence-electron chi connectivity index (χ2n) is 3.49. The van der Waals surface area contributed by atoms with E-state index in [1.54, 1.807) is 24.3 Å². The molecule has 1 aliphatic rings. The number of ether oxygens (including phenoxy) is 2. The monoisotopic (exact) mass is 237 g/mol. The van der Waals surface area contributed by atoms with Crippen molar-refractivity contribution in [2.75, 3.05) is 18.6 Å². The number of rotatable bonds is 3. The predicted octanol–water partition coefficient (Wildman–Crippen LogP) is 1.10. The highest BCUT2D eigenvalue weighted by molar-refractivity contribution is 5.95. The molecule has 0 bridgehead atoms. The Morgan fingerprint density at radius 3 is 2.82 bits per heavy atom. The van der Waals surface area contributed by atoms with Gasteiger partial charge < -0.3 is 14.6 Å². The number of amides is 1. The van der Waals surface area contributed by atoms with Crippen molar-refractivity contribution in [2.45, 2.75) is 6.10 Å². The zero-order chi connectivity index (χ0) is 12.4. The van der Waals surface area contributed by atoms with Crippen molar-refractivity contribution in [2.24, 2.45) is 0 Å². The van der Waals surface area contributed by atoms with E-state index in [2.05, 4.69) is 0 Å². The molecule has 1 N–H and O–H groups in total. The van der Waals surface area contributed by atoms with Gasteiger partial charge in [0.1, 0.15) is 5.75 Å². The minimum atomic E-state index is -1.16. The number of benzene rings is 1. The summed E-state index contributed by atoms with van der Waals surface area (Å²) >= 11 is 0. The van der Waals surface area contributed by atoms with Gasteiger partial charge in [-0.3, -0.25) is 4.90 Å². The second-order valence-corrected chi connectivity index (χ2v) is 3.49. The van der Waals surface area contributed by atoms with E-state index in [-0.39, 0.29) is 6.54 Å². The van der Waals surface area contributed by atoms with Crippen molar-refractivity contribution >= 4 is 17.7 Å². The van der Waals surface area contributed by atoms with Gasteiger partial charge in [0.25, 0.3) is 0 Å². The van der Waals surface area contributed by atoms with Crippen LogP contribution >= 0.6 is 0 Å². The summed E-state index contributed by atoms with van der Waals surface area (Å²) in [6, 6.07) is 6.86. The molecule has 1 fully saturated rings. The van der Waals surface area contributed by atoms with E-state index in [0.717, 1.165) is 0 Å². The molecule has 6 nitrogen and oxygen atoms in total. The second kappa shape index (κ2) is 4.32. The van der Waals surface area contributed by atoms with E-state index in [1.807, 2.05) is 0 Å². The van der Waals surface area contributed by atoms with Crippen LogP contribution in [0.2, 0.25) is 0 Å². The lowest BCUT2D eigenvalue weighted by Crippen LogP contribution is -2.27. The molecule has 17 heavy (non-hydrogen) atoms. The molecule has 6 heteroatoms. The van der Waals surface area contributed by atoms with Crippen LogP contribution in [-0.2, 0) is 9.53 Å². The first-order valence-corrected chi connectivity index (χ1v) is 4.97. The topological polar surface area (TPSA) is 76.1 Å². The summed E-state index contributed by atoms with van der Waals surface area (Å²) in [6.07, 6.45) is -1.81. The Morgan fingerprint density at radius 1 is 1.53 bits per heavy atom. The molecule has 90 valence electrons. The number of hydrogen-bond acceptors (Lipinski definition) is 4. The number of para-hydroxylation sites is 2. The molecule has 0 radical (unpaired) electrons. The van der Waals surface area contributed by atoms with Gasteiger partial charge in [0.2, 0.25) is 6.10 Å². The number of carboxylic acids is 1. The molecule has 1 heterocycles. The molecule has 2 rings (SSSR count). The Hall–Kier alpha value is -2.24. The molecule has 1 aliphatic heterocycles. The summed E-state index contributed by atoms with van der Waals surface area (Å²) < 4.78 is 9.83. The van der Waals surface area contributed by atoms with Crippen molar-refractivity contribution in [1.82, 2.24) is 0 Å². The molecule has 0 saturated carbocycles. The van der Waals surface area contributed by atoms with Crippen LogP contribution in [0.15, 0.2) is 24.3 Å². The van der Waals surface area contributed by atoms with Crippen molar-refractivity contribution in [3.8, 4) is 5.75 Å². The van der Waals surface area contributed by atoms with Gasteiger partial charge in [-0.1, -0.05) is 12.1 Å². The number of hydrogen-bond donors (Lipinski definition) is 1. The lowest BCUT2D eigenvalue weighted by molar-refractivity contribution is -0.144. The molecule has 0 aliphatic carbocycles. The Balaban J connectivity index is 2.29. The molecule has 1 saturated heterocycles. The highest BCUT2D eigenvalue weighted by atomic mass is 16.6. The molecular weight excluding hydrogens is 226 g/mol. The standard InChI is InChI=1S/C11H11NO5/c1-16-8-5-3-2-4-7(8)12-6-9(10(13)14)17-11(12)15/h2-5,9H,6H2,1H3,(H,13,14)/t9-/m0/s1. The first-order valence-electron chi connectivity index (χ1n) is 4.97. The van der Waals surface area contributed by atoms with Crippen LogP contribution in [-0.4, -0.2) is 36.9 Å². The largest absolute Gasteiger partial charge is 0.495 e. The van der Waals surface area contributed by atoms with Crippen LogP contribution in [0.3, 0.4) is 0 Å². The van der Waals surface area contributed by atoms with Crippen LogP contribution in [0.4, 0.5) is 10.5 Å². The lowest BCUT2D eigenvalue weighted by atomic mass is 10.2. The average Bonchev–Trinajstić information content (AvgIpc) is 2.71. The molecule has 1 amide bonds. The number of nitrogens with zero attached hydrogens (tertiary/aromatic N) is 1. The van der Waals surface area contributed by atoms with E-state index in [9.17, 15) is 9.59 Å². The van der Waals surface area contributed by atoms with Crippen LogP contribution in [0.1, 0.15) is 0 Å². The average molecular weight is 237 g/mol. The molecule has 0 spiro atoms. The van der Waals surface area contributed by atoms with Crippen LogP contribution in [0, 0.1) is 0 Å². The Bertz CT molecular complexity index is 459. The first kappa shape index (κ1) is 11.3. The predicted molar refractivity (Wildman–Crippen MR) is 58.2 cm³/mol. The third kappa shape index (κ3) is 2.01. The zero-order valence-electron chi connectivity index (χ0n) is 9.12. The van der Waals surface area contributed by atoms with Gasteiger partial charge in [-0.2, -0.15) is 0 Å². The van der Waals surface area contributed by atoms with Crippen molar-refractivity contribution in [1.29, 1.82) is 0 Å². The number of aliphatic carboxylic acids is 1. The fraction of sp³-hybridized carbons (Fsp3) is 0.273. The Morgan fingerprint density at radius 2 is 2.24 bits per heavy atom. The smallest absolute Gasteiger partial charge is 0.415 e. The molecule has 1 atom stereocenters. The third-order valence-corrected chi connectivity index (χ3v) is 2.46. The van der Waals surface area contributed by atoms with Gasteiger partial charge >= 0.3 is 12.1 Å². The third-order valence-electron chi connectivity index (χ3n) is 2.46. The van der Waals surface area contributed by atoms with Gasteiger partial charge in [0.05, 0.1) is 19.3 Å². The summed E-state index contributed by atoms with van der Waals surface area (Å²) in [5.74, 6) is -0.661. The number of carbonyl (C=O) groups excluding carboxylic acids is 1. The molecular formula is C11H11NO5. The number of anilines is 1. The summed E-state index contributed by atoms with van der Waals surface area (Å²) in [7, 11) is 1.48. The quantitative estimate of drug-likeness (QED) is 0.852. The number of methoxy groups -OCH3 is 1. The summed E-state index contributed by atoms with van der Waals surface area (Å²) in [6.45, 7) is -0.0193. The number of carboxylic acid groups (broad SMARTS) is 1. The fourth-order valence-electron chi connectivity index (χ4n) is 1.64. The maximum atomic E-state index is 11.5. The summed E-state index contributed by atoms with van der Waals surface area (Å²) in [4.78, 5) is 23.5. The van der Waals surface area contributed by atoms with E-state index in [0.29, 0.717) is 11.4 Å². The normalized spacial score (nSPS) is 19.0. The zero-order valence-corrected chi connectivity index (χ0v) is 9.12. The van der Waals surface area contributed by atoms with Gasteiger partial charge in [-0.25, -0.2) is 9.59 Å². The van der Waals surface area contributed by atoms with Crippen molar-refractivity contribution < 1.29 is 24.2 Å². The fourth-order valence-corrected chi connectivity index (χ4v) is 1.64. The van der Waals surface area contributed by atoms with E-state index in [4.69, 9.17) is 14.6 Å². The van der Waals surface area contributed by atoms with E-state index >= 15 is 0 Å². The Kier molecular flexibility index (Phi) is 2.86. The van der Waals surface area contributed by atoms with Crippen LogP contribution in [0.25, 0.3) is 0 Å². The van der Waals surface area contributed by atoms with Crippen LogP contribution < -0.4 is 9.64 Å². The Labute approximate surface area is 97.4 Å². The van der Waals surface area contributed by atoms with E-state index in [1.165, 1.54) is 12.0 Å². The van der Waals surface area contributed by atoms with E-state index < -0.39 is 18.2 Å². The minimum absolute atomic E-state index is 0.0193. The summed E-state index contributed by atoms with van der Waals surface area (Å²) in [5.41, 5.74) is 0.503. The molecule has 1 aromatic carbocycles. The molecule has 1 aromatic rings. The maximum absolute atomic E-state index is 11.5. The van der Waals surface area contributed by atoms with Gasteiger partial charge in [-0.15, -0.1) is 0 Å². The first-order chi connectivity index (χ1) is 8.13. The van der Waals surface area contributed by atoms with Crippen LogP contribution in [0.5, 0.6) is 5.75 Å². The number of cyclic esters (lactones) is 1. The van der Waals surface area contributed by atoms with Gasteiger partial charge in [0, 0.05) is 0 Å². The van der Waals surface area contributed by atoms with Gasteiger partial charge in [0.15, 0.2) is 0 Å². The van der Waals surface area contributed by atoms with Gasteiger partial charge in [-0.05, 0) is 12.1 Å². The van der Waals surface area contributed by atoms with Crippen molar-refractivity contribution in [3.63, 3.8) is 0 Å². The maximum Gasteiger partial charge on any atom is 0.415 e. The minimum Gasteiger partial charge on any atom is -0.495 e. The lowest BCUT2D eigenvalue weighted by Gasteiger charge is -2.15. The number of carbonyl (C=O) groups is 2. The SMILES string of the molecule is COc1ccccc1N1C[C@@H](C(=O)O)OC1=O.